The highest BCUT2D eigenvalue weighted by Crippen LogP contribution is 2.15. The summed E-state index contributed by atoms with van der Waals surface area (Å²) in [6.07, 6.45) is 2.05. The molecule has 0 fully saturated rings. The van der Waals surface area contributed by atoms with E-state index in [1.54, 1.807) is 24.3 Å². The zero-order valence-corrected chi connectivity index (χ0v) is 9.59. The van der Waals surface area contributed by atoms with Gasteiger partial charge in [-0.2, -0.15) is 0 Å². The van der Waals surface area contributed by atoms with Gasteiger partial charge >= 0.3 is 5.97 Å². The molecule has 1 aromatic rings. The molecule has 1 amide bonds. The molecule has 2 rings (SSSR count). The van der Waals surface area contributed by atoms with Crippen molar-refractivity contribution in [1.82, 2.24) is 5.32 Å². The molecular weight excluding hydrogens is 232 g/mol. The third-order valence-electron chi connectivity index (χ3n) is 2.63. The predicted octanol–water partition coefficient (Wildman–Crippen LogP) is 1.21. The third-order valence-corrected chi connectivity index (χ3v) is 2.63. The molecule has 1 aliphatic heterocycles. The van der Waals surface area contributed by atoms with E-state index >= 15 is 0 Å². The second-order valence-electron chi connectivity index (χ2n) is 3.86. The molecule has 1 heterocycles. The van der Waals surface area contributed by atoms with Gasteiger partial charge in [-0.15, -0.1) is 6.58 Å². The number of carbonyl (C=O) groups excluding carboxylic acids is 1. The fourth-order valence-corrected chi connectivity index (χ4v) is 1.78. The molecule has 5 nitrogen and oxygen atoms in total. The summed E-state index contributed by atoms with van der Waals surface area (Å²) in [5, 5.41) is 11.7. The largest absolute Gasteiger partial charge is 0.478 e. The van der Waals surface area contributed by atoms with Crippen LogP contribution >= 0.6 is 0 Å². The van der Waals surface area contributed by atoms with E-state index in [1.807, 2.05) is 0 Å². The number of amides is 1. The predicted molar refractivity (Wildman–Crippen MR) is 66.7 cm³/mol. The molecule has 1 unspecified atom stereocenters. The van der Waals surface area contributed by atoms with Crippen LogP contribution in [0.2, 0.25) is 0 Å². The molecule has 0 radical (unpaired) electrons. The van der Waals surface area contributed by atoms with E-state index in [4.69, 9.17) is 5.11 Å². The van der Waals surface area contributed by atoms with Gasteiger partial charge in [-0.05, 0) is 12.5 Å². The minimum Gasteiger partial charge on any atom is -0.478 e. The lowest BCUT2D eigenvalue weighted by atomic mass is 10.1. The number of nitrogens with zero attached hydrogens (tertiary/aromatic N) is 1. The van der Waals surface area contributed by atoms with Crippen molar-refractivity contribution in [2.45, 2.75) is 12.5 Å². The molecule has 1 atom stereocenters. The number of carbonyl (C=O) groups is 2. The van der Waals surface area contributed by atoms with Crippen LogP contribution < -0.4 is 5.32 Å². The lowest BCUT2D eigenvalue weighted by molar-refractivity contribution is -0.120. The van der Waals surface area contributed by atoms with Crippen LogP contribution in [0.1, 0.15) is 22.3 Å². The highest BCUT2D eigenvalue weighted by Gasteiger charge is 2.27. The lowest BCUT2D eigenvalue weighted by Crippen LogP contribution is -2.29. The third kappa shape index (κ3) is 2.15. The van der Waals surface area contributed by atoms with Crippen molar-refractivity contribution in [1.29, 1.82) is 0 Å². The summed E-state index contributed by atoms with van der Waals surface area (Å²) < 4.78 is 0. The van der Waals surface area contributed by atoms with Gasteiger partial charge in [0.25, 0.3) is 5.91 Å². The molecule has 5 heteroatoms. The van der Waals surface area contributed by atoms with Crippen LogP contribution in [-0.4, -0.2) is 28.9 Å². The Hall–Kier alpha value is -2.43. The van der Waals surface area contributed by atoms with Gasteiger partial charge in [0.2, 0.25) is 0 Å². The maximum absolute atomic E-state index is 11.6. The number of carboxylic acids is 1. The Kier molecular flexibility index (Phi) is 3.23. The molecule has 1 aromatic carbocycles. The van der Waals surface area contributed by atoms with Gasteiger partial charge in [-0.3, -0.25) is 9.79 Å². The number of hydrogen-bond donors (Lipinski definition) is 2. The number of rotatable bonds is 4. The van der Waals surface area contributed by atoms with Crippen molar-refractivity contribution in [3.63, 3.8) is 0 Å². The first-order valence-corrected chi connectivity index (χ1v) is 5.45. The fourth-order valence-electron chi connectivity index (χ4n) is 1.78. The number of nitrogens with one attached hydrogen (secondary N) is 1. The molecule has 0 aliphatic carbocycles. The van der Waals surface area contributed by atoms with Crippen molar-refractivity contribution in [3.8, 4) is 0 Å². The average Bonchev–Trinajstić information content (AvgIpc) is 2.71. The molecule has 0 saturated carbocycles. The Morgan fingerprint density at radius 2 is 2.22 bits per heavy atom. The van der Waals surface area contributed by atoms with Crippen LogP contribution in [-0.2, 0) is 4.79 Å². The molecule has 92 valence electrons. The molecule has 0 aromatic heterocycles. The van der Waals surface area contributed by atoms with Gasteiger partial charge < -0.3 is 10.4 Å². The van der Waals surface area contributed by atoms with E-state index in [9.17, 15) is 9.59 Å². The van der Waals surface area contributed by atoms with Gasteiger partial charge in [-0.1, -0.05) is 24.3 Å². The first-order valence-electron chi connectivity index (χ1n) is 5.45. The maximum Gasteiger partial charge on any atom is 0.336 e. The second-order valence-corrected chi connectivity index (χ2v) is 3.86. The van der Waals surface area contributed by atoms with Crippen LogP contribution in [0.15, 0.2) is 41.9 Å². The van der Waals surface area contributed by atoms with Gasteiger partial charge in [0.05, 0.1) is 5.56 Å². The van der Waals surface area contributed by atoms with Crippen LogP contribution in [0.4, 0.5) is 0 Å². The van der Waals surface area contributed by atoms with E-state index in [0.29, 0.717) is 17.8 Å². The van der Waals surface area contributed by atoms with Crippen LogP contribution in [0.25, 0.3) is 0 Å². The smallest absolute Gasteiger partial charge is 0.336 e. The van der Waals surface area contributed by atoms with Gasteiger partial charge in [0, 0.05) is 5.56 Å². The summed E-state index contributed by atoms with van der Waals surface area (Å²) in [6.45, 7) is 3.56. The molecule has 0 saturated heterocycles. The number of amidine groups is 1. The number of carboxylic acid groups (broad SMARTS) is 1. The fraction of sp³-hybridized carbons (Fsp3) is 0.154. The van der Waals surface area contributed by atoms with E-state index in [1.165, 1.54) is 6.07 Å². The van der Waals surface area contributed by atoms with E-state index in [-0.39, 0.29) is 11.5 Å². The Labute approximate surface area is 104 Å². The number of benzene rings is 1. The Bertz CT molecular complexity index is 549. The Morgan fingerprint density at radius 3 is 2.89 bits per heavy atom. The monoisotopic (exact) mass is 244 g/mol. The minimum absolute atomic E-state index is 0.121. The summed E-state index contributed by atoms with van der Waals surface area (Å²) in [5.74, 6) is -0.968. The highest BCUT2D eigenvalue weighted by atomic mass is 16.4. The summed E-state index contributed by atoms with van der Waals surface area (Å²) in [6, 6.07) is 5.92. The standard InChI is InChI=1S/C13H12N2O3/c1-2-5-10-12(16)15-11(14-10)8-6-3-4-7-9(8)13(17)18/h2-4,6-7,10H,1,5H2,(H,17,18)(H,14,15,16). The second kappa shape index (κ2) is 4.83. The number of aliphatic imine (C=N–C) groups is 1. The molecule has 1 aliphatic rings. The van der Waals surface area contributed by atoms with Crippen molar-refractivity contribution in [3.05, 3.63) is 48.0 Å². The van der Waals surface area contributed by atoms with Crippen molar-refractivity contribution in [2.24, 2.45) is 4.99 Å². The number of hydrogen-bond acceptors (Lipinski definition) is 3. The van der Waals surface area contributed by atoms with Crippen molar-refractivity contribution >= 4 is 17.7 Å². The topological polar surface area (TPSA) is 78.8 Å². The van der Waals surface area contributed by atoms with E-state index < -0.39 is 12.0 Å². The zero-order valence-electron chi connectivity index (χ0n) is 9.59. The first kappa shape index (κ1) is 12.0. The SMILES string of the molecule is C=CCC1N=C(c2ccccc2C(=O)O)NC1=O. The minimum atomic E-state index is -1.05. The highest BCUT2D eigenvalue weighted by molar-refractivity contribution is 6.17. The first-order chi connectivity index (χ1) is 8.63. The molecule has 0 spiro atoms. The lowest BCUT2D eigenvalue weighted by Gasteiger charge is -2.04. The van der Waals surface area contributed by atoms with E-state index in [0.717, 1.165) is 0 Å². The maximum atomic E-state index is 11.6. The molecular formula is C13H12N2O3. The van der Waals surface area contributed by atoms with Crippen molar-refractivity contribution in [2.75, 3.05) is 0 Å². The normalized spacial score (nSPS) is 18.1. The van der Waals surface area contributed by atoms with Gasteiger partial charge in [-0.25, -0.2) is 4.79 Å². The van der Waals surface area contributed by atoms with Crippen molar-refractivity contribution < 1.29 is 14.7 Å². The van der Waals surface area contributed by atoms with E-state index in [2.05, 4.69) is 16.9 Å². The van der Waals surface area contributed by atoms with Crippen LogP contribution in [0.5, 0.6) is 0 Å². The summed E-state index contributed by atoms with van der Waals surface area (Å²) in [5.41, 5.74) is 0.542. The van der Waals surface area contributed by atoms with Crippen LogP contribution in [0, 0.1) is 0 Å². The molecule has 0 bridgehead atoms. The zero-order chi connectivity index (χ0) is 13.1. The Balaban J connectivity index is 2.39. The molecule has 18 heavy (non-hydrogen) atoms. The molecule has 2 N–H and O–H groups in total. The summed E-state index contributed by atoms with van der Waals surface area (Å²) >= 11 is 0. The summed E-state index contributed by atoms with van der Waals surface area (Å²) in [7, 11) is 0. The van der Waals surface area contributed by atoms with Crippen LogP contribution in [0.3, 0.4) is 0 Å². The summed E-state index contributed by atoms with van der Waals surface area (Å²) in [4.78, 5) is 26.9. The number of aromatic carboxylic acids is 1. The quantitative estimate of drug-likeness (QED) is 0.781. The average molecular weight is 244 g/mol. The Morgan fingerprint density at radius 1 is 1.50 bits per heavy atom. The van der Waals surface area contributed by atoms with Gasteiger partial charge in [0.15, 0.2) is 0 Å². The van der Waals surface area contributed by atoms with Gasteiger partial charge in [0.1, 0.15) is 11.9 Å².